The molecule has 0 saturated heterocycles. The Balaban J connectivity index is 2.28. The van der Waals surface area contributed by atoms with Crippen molar-refractivity contribution in [3.05, 3.63) is 58.6 Å². The monoisotopic (exact) mass is 403 g/mol. The van der Waals surface area contributed by atoms with Crippen LogP contribution in [0.25, 0.3) is 10.9 Å². The number of allylic oxidation sites excluding steroid dienone is 4. The third kappa shape index (κ3) is 3.76. The highest BCUT2D eigenvalue weighted by Crippen LogP contribution is 2.43. The highest BCUT2D eigenvalue weighted by atomic mass is 35.5. The number of benzene rings is 1. The molecule has 2 aromatic rings. The average molecular weight is 404 g/mol. The van der Waals surface area contributed by atoms with E-state index in [0.717, 1.165) is 16.8 Å². The Morgan fingerprint density at radius 3 is 2.75 bits per heavy atom. The summed E-state index contributed by atoms with van der Waals surface area (Å²) in [5.74, 6) is -1.30. The Morgan fingerprint density at radius 1 is 1.39 bits per heavy atom. The van der Waals surface area contributed by atoms with Gasteiger partial charge < -0.3 is 9.67 Å². The van der Waals surface area contributed by atoms with Crippen LogP contribution in [0, 0.1) is 5.82 Å². The van der Waals surface area contributed by atoms with Crippen LogP contribution in [0.5, 0.6) is 0 Å². The number of carbonyl (C=O) groups is 2. The van der Waals surface area contributed by atoms with Crippen LogP contribution in [0.3, 0.4) is 0 Å². The predicted molar refractivity (Wildman–Crippen MR) is 109 cm³/mol. The molecule has 0 radical (unpaired) electrons. The molecule has 1 aromatic carbocycles. The standard InChI is InChI=1S/C22H23ClFNO3/c1-3-14(5-4-8-23)12-25-21-15(9-20(27)28)6-7-17(21)19-11-16(24)10-18(13(2)26)22(19)25/h3-5,10-11,15H,6-9,12H2,1-2H3,(H,27,28)/b5-4-,14-3+/t15-/m1/s1. The summed E-state index contributed by atoms with van der Waals surface area (Å²) in [7, 11) is 0. The number of aryl methyl sites for hydroxylation is 1. The van der Waals surface area contributed by atoms with Gasteiger partial charge in [-0.3, -0.25) is 9.59 Å². The van der Waals surface area contributed by atoms with Crippen LogP contribution < -0.4 is 0 Å². The van der Waals surface area contributed by atoms with Gasteiger partial charge in [-0.05, 0) is 50.0 Å². The SMILES string of the molecule is C/C=C(\C=C/CCl)Cn1c2c(c3cc(F)cc(C(C)=O)c31)CC[C@@H]2CC(=O)O. The van der Waals surface area contributed by atoms with E-state index in [4.69, 9.17) is 11.6 Å². The van der Waals surface area contributed by atoms with Crippen molar-refractivity contribution in [1.82, 2.24) is 4.57 Å². The minimum atomic E-state index is -0.860. The third-order valence-corrected chi connectivity index (χ3v) is 5.51. The number of halogens is 2. The highest BCUT2D eigenvalue weighted by Gasteiger charge is 2.33. The lowest BCUT2D eigenvalue weighted by Gasteiger charge is -2.17. The molecule has 1 aliphatic rings. The van der Waals surface area contributed by atoms with Crippen LogP contribution in [-0.4, -0.2) is 27.3 Å². The average Bonchev–Trinajstić information content (AvgIpc) is 3.17. The van der Waals surface area contributed by atoms with Crippen LogP contribution in [0.15, 0.2) is 35.9 Å². The predicted octanol–water partition coefficient (Wildman–Crippen LogP) is 5.23. The quantitative estimate of drug-likeness (QED) is 0.391. The zero-order valence-corrected chi connectivity index (χ0v) is 16.7. The van der Waals surface area contributed by atoms with Crippen molar-refractivity contribution in [2.75, 3.05) is 5.88 Å². The van der Waals surface area contributed by atoms with E-state index >= 15 is 0 Å². The second-order valence-electron chi connectivity index (χ2n) is 7.11. The summed E-state index contributed by atoms with van der Waals surface area (Å²) in [5, 5.41) is 10.0. The van der Waals surface area contributed by atoms with E-state index < -0.39 is 11.8 Å². The molecule has 1 N–H and O–H groups in total. The van der Waals surface area contributed by atoms with Crippen molar-refractivity contribution in [2.45, 2.75) is 45.6 Å². The van der Waals surface area contributed by atoms with E-state index in [0.29, 0.717) is 41.7 Å². The fourth-order valence-electron chi connectivity index (χ4n) is 4.19. The zero-order valence-electron chi connectivity index (χ0n) is 16.0. The number of fused-ring (bicyclic) bond motifs is 3. The summed E-state index contributed by atoms with van der Waals surface area (Å²) in [6.07, 6.45) is 7.12. The van der Waals surface area contributed by atoms with Gasteiger partial charge in [0.05, 0.1) is 11.9 Å². The van der Waals surface area contributed by atoms with Gasteiger partial charge in [-0.1, -0.05) is 18.2 Å². The Kier molecular flexibility index (Phi) is 6.04. The van der Waals surface area contributed by atoms with E-state index in [-0.39, 0.29) is 18.1 Å². The summed E-state index contributed by atoms with van der Waals surface area (Å²) in [6, 6.07) is 2.73. The molecule has 148 valence electrons. The van der Waals surface area contributed by atoms with Crippen molar-refractivity contribution in [1.29, 1.82) is 0 Å². The molecule has 6 heteroatoms. The minimum Gasteiger partial charge on any atom is -0.481 e. The summed E-state index contributed by atoms with van der Waals surface area (Å²) in [6.45, 7) is 3.81. The second-order valence-corrected chi connectivity index (χ2v) is 7.42. The van der Waals surface area contributed by atoms with E-state index in [9.17, 15) is 19.1 Å². The first kappa shape index (κ1) is 20.3. The maximum absolute atomic E-state index is 14.2. The number of carboxylic acids is 1. The number of alkyl halides is 1. The number of rotatable bonds is 7. The van der Waals surface area contributed by atoms with Crippen molar-refractivity contribution in [2.24, 2.45) is 0 Å². The fourth-order valence-corrected chi connectivity index (χ4v) is 4.28. The Bertz CT molecular complexity index is 1000. The van der Waals surface area contributed by atoms with Gasteiger partial charge in [0, 0.05) is 35.0 Å². The molecule has 1 aliphatic carbocycles. The number of carbonyl (C=O) groups excluding carboxylic acids is 1. The molecular formula is C22H23ClFNO3. The first-order chi connectivity index (χ1) is 13.4. The molecule has 0 bridgehead atoms. The molecule has 0 spiro atoms. The van der Waals surface area contributed by atoms with Crippen molar-refractivity contribution in [3.63, 3.8) is 0 Å². The summed E-state index contributed by atoms with van der Waals surface area (Å²) >= 11 is 5.77. The van der Waals surface area contributed by atoms with Gasteiger partial charge in [0.2, 0.25) is 0 Å². The number of carboxylic acid groups (broad SMARTS) is 1. The van der Waals surface area contributed by atoms with Crippen LogP contribution in [-0.2, 0) is 17.8 Å². The summed E-state index contributed by atoms with van der Waals surface area (Å²) in [4.78, 5) is 23.6. The molecular weight excluding hydrogens is 381 g/mol. The summed E-state index contributed by atoms with van der Waals surface area (Å²) in [5.41, 5.74) is 3.87. The van der Waals surface area contributed by atoms with Crippen molar-refractivity contribution in [3.8, 4) is 0 Å². The minimum absolute atomic E-state index is 0.0178. The number of aromatic nitrogens is 1. The molecule has 1 heterocycles. The highest BCUT2D eigenvalue weighted by molar-refractivity contribution is 6.18. The van der Waals surface area contributed by atoms with Gasteiger partial charge >= 0.3 is 5.97 Å². The lowest BCUT2D eigenvalue weighted by molar-refractivity contribution is -0.137. The Labute approximate surface area is 168 Å². The maximum Gasteiger partial charge on any atom is 0.304 e. The van der Waals surface area contributed by atoms with E-state index in [2.05, 4.69) is 0 Å². The molecule has 0 fully saturated rings. The fraction of sp³-hybridized carbons (Fsp3) is 0.364. The molecule has 0 saturated carbocycles. The van der Waals surface area contributed by atoms with Gasteiger partial charge in [0.25, 0.3) is 0 Å². The lowest BCUT2D eigenvalue weighted by atomic mass is 10.0. The van der Waals surface area contributed by atoms with Crippen LogP contribution in [0.1, 0.15) is 54.2 Å². The first-order valence-electron chi connectivity index (χ1n) is 9.32. The number of hydrogen-bond donors (Lipinski definition) is 1. The van der Waals surface area contributed by atoms with E-state index in [1.54, 1.807) is 0 Å². The lowest BCUT2D eigenvalue weighted by Crippen LogP contribution is -2.12. The summed E-state index contributed by atoms with van der Waals surface area (Å²) < 4.78 is 16.3. The normalized spacial score (nSPS) is 16.9. The Hall–Kier alpha value is -2.40. The van der Waals surface area contributed by atoms with Gasteiger partial charge in [0.1, 0.15) is 5.82 Å². The van der Waals surface area contributed by atoms with Crippen LogP contribution >= 0.6 is 11.6 Å². The van der Waals surface area contributed by atoms with E-state index in [1.807, 2.05) is 29.7 Å². The maximum atomic E-state index is 14.2. The molecule has 0 aliphatic heterocycles. The molecule has 28 heavy (non-hydrogen) atoms. The number of Topliss-reactive ketones (excluding diaryl/α,β-unsaturated/α-hetero) is 1. The van der Waals surface area contributed by atoms with Gasteiger partial charge in [-0.25, -0.2) is 4.39 Å². The van der Waals surface area contributed by atoms with Crippen LogP contribution in [0.2, 0.25) is 0 Å². The second kappa shape index (κ2) is 8.31. The molecule has 1 atom stereocenters. The molecule has 0 unspecified atom stereocenters. The number of hydrogen-bond acceptors (Lipinski definition) is 2. The van der Waals surface area contributed by atoms with Crippen LogP contribution in [0.4, 0.5) is 4.39 Å². The Morgan fingerprint density at radius 2 is 2.14 bits per heavy atom. The molecule has 0 amide bonds. The van der Waals surface area contributed by atoms with Gasteiger partial charge in [0.15, 0.2) is 5.78 Å². The van der Waals surface area contributed by atoms with E-state index in [1.165, 1.54) is 19.1 Å². The van der Waals surface area contributed by atoms with Crippen molar-refractivity contribution < 1.29 is 19.1 Å². The number of nitrogens with zero attached hydrogens (tertiary/aromatic N) is 1. The molecule has 3 rings (SSSR count). The smallest absolute Gasteiger partial charge is 0.304 e. The number of aliphatic carboxylic acids is 1. The number of ketones is 1. The molecule has 1 aromatic heterocycles. The van der Waals surface area contributed by atoms with Crippen molar-refractivity contribution >= 4 is 34.3 Å². The topological polar surface area (TPSA) is 59.3 Å². The zero-order chi connectivity index (χ0) is 20.4. The molecule has 4 nitrogen and oxygen atoms in total. The van der Waals surface area contributed by atoms with Gasteiger partial charge in [-0.15, -0.1) is 11.6 Å². The third-order valence-electron chi connectivity index (χ3n) is 5.33. The van der Waals surface area contributed by atoms with Gasteiger partial charge in [-0.2, -0.15) is 0 Å². The largest absolute Gasteiger partial charge is 0.481 e. The first-order valence-corrected chi connectivity index (χ1v) is 9.85.